The van der Waals surface area contributed by atoms with Gasteiger partial charge in [0.1, 0.15) is 12.1 Å². The van der Waals surface area contributed by atoms with Crippen LogP contribution in [0.2, 0.25) is 0 Å². The summed E-state index contributed by atoms with van der Waals surface area (Å²) in [6.45, 7) is 6.88. The van der Waals surface area contributed by atoms with Gasteiger partial charge in [-0.15, -0.1) is 0 Å². The number of carbonyl (C=O) groups excluding carboxylic acids is 5. The minimum atomic E-state index is -1.01. The standard InChI is InChI=1S/C18H28N4O6/c1-5-19-15(26)20-12(23)9-28-13(24)8-22-14(25)18(21-16(22)27)7-11(2)6-17(3,4)10-18/h11H,5-10H2,1-4H3,(H,21,27)(H2,19,20,23,26)/t11-,18-/m0/s1. The number of amides is 6. The zero-order valence-electron chi connectivity index (χ0n) is 16.7. The van der Waals surface area contributed by atoms with E-state index in [0.29, 0.717) is 19.4 Å². The van der Waals surface area contributed by atoms with E-state index in [1.165, 1.54) is 0 Å². The van der Waals surface area contributed by atoms with Crippen molar-refractivity contribution in [2.75, 3.05) is 19.7 Å². The molecule has 1 spiro atoms. The van der Waals surface area contributed by atoms with Gasteiger partial charge >= 0.3 is 18.0 Å². The van der Waals surface area contributed by atoms with Crippen LogP contribution < -0.4 is 16.0 Å². The summed E-state index contributed by atoms with van der Waals surface area (Å²) in [6, 6.07) is -1.34. The van der Waals surface area contributed by atoms with Crippen LogP contribution in [0.25, 0.3) is 0 Å². The van der Waals surface area contributed by atoms with E-state index < -0.39 is 48.5 Å². The van der Waals surface area contributed by atoms with Crippen LogP contribution in [0.1, 0.15) is 47.0 Å². The van der Waals surface area contributed by atoms with Crippen molar-refractivity contribution in [1.82, 2.24) is 20.9 Å². The molecule has 28 heavy (non-hydrogen) atoms. The number of hydrogen-bond acceptors (Lipinski definition) is 6. The van der Waals surface area contributed by atoms with E-state index in [1.54, 1.807) is 6.92 Å². The first kappa shape index (κ1) is 21.6. The molecule has 2 rings (SSSR count). The van der Waals surface area contributed by atoms with Crippen LogP contribution in [-0.4, -0.2) is 60.0 Å². The average molecular weight is 396 g/mol. The van der Waals surface area contributed by atoms with Gasteiger partial charge in [0, 0.05) is 6.54 Å². The van der Waals surface area contributed by atoms with Crippen LogP contribution in [0.4, 0.5) is 9.59 Å². The van der Waals surface area contributed by atoms with Crippen molar-refractivity contribution in [1.29, 1.82) is 0 Å². The van der Waals surface area contributed by atoms with Crippen LogP contribution in [0.3, 0.4) is 0 Å². The molecule has 0 aromatic carbocycles. The molecule has 156 valence electrons. The van der Waals surface area contributed by atoms with Crippen molar-refractivity contribution < 1.29 is 28.7 Å². The van der Waals surface area contributed by atoms with Gasteiger partial charge in [0.25, 0.3) is 11.8 Å². The minimum absolute atomic E-state index is 0.117. The highest BCUT2D eigenvalue weighted by Crippen LogP contribution is 2.46. The quantitative estimate of drug-likeness (QED) is 0.458. The van der Waals surface area contributed by atoms with Crippen LogP contribution in [0.15, 0.2) is 0 Å². The molecule has 2 aliphatic rings. The molecule has 0 aromatic heterocycles. The zero-order chi connectivity index (χ0) is 21.1. The maximum atomic E-state index is 12.9. The number of urea groups is 2. The van der Waals surface area contributed by atoms with Crippen molar-refractivity contribution >= 4 is 29.8 Å². The minimum Gasteiger partial charge on any atom is -0.454 e. The SMILES string of the molecule is CCNC(=O)NC(=O)COC(=O)CN1C(=O)N[C@]2(C[C@@H](C)CC(C)(C)C2)C1=O. The van der Waals surface area contributed by atoms with Gasteiger partial charge < -0.3 is 15.4 Å². The van der Waals surface area contributed by atoms with Gasteiger partial charge in [0.15, 0.2) is 6.61 Å². The van der Waals surface area contributed by atoms with Crippen LogP contribution in [0.5, 0.6) is 0 Å². The van der Waals surface area contributed by atoms with Crippen LogP contribution >= 0.6 is 0 Å². The second-order valence-electron chi connectivity index (χ2n) is 8.33. The molecule has 6 amide bonds. The largest absolute Gasteiger partial charge is 0.454 e. The summed E-state index contributed by atoms with van der Waals surface area (Å²) in [5.74, 6) is -1.91. The molecule has 10 nitrogen and oxygen atoms in total. The Morgan fingerprint density at radius 2 is 1.93 bits per heavy atom. The molecular weight excluding hydrogens is 368 g/mol. The Morgan fingerprint density at radius 1 is 1.25 bits per heavy atom. The third-order valence-electron chi connectivity index (χ3n) is 4.87. The predicted molar refractivity (Wildman–Crippen MR) is 97.9 cm³/mol. The van der Waals surface area contributed by atoms with Gasteiger partial charge in [-0.1, -0.05) is 20.8 Å². The Morgan fingerprint density at radius 3 is 2.54 bits per heavy atom. The van der Waals surface area contributed by atoms with Crippen molar-refractivity contribution in [2.45, 2.75) is 52.5 Å². The lowest BCUT2D eigenvalue weighted by molar-refractivity contribution is -0.151. The summed E-state index contributed by atoms with van der Waals surface area (Å²) >= 11 is 0. The fraction of sp³-hybridized carbons (Fsp3) is 0.722. The number of ether oxygens (including phenoxy) is 1. The van der Waals surface area contributed by atoms with Gasteiger partial charge in [-0.3, -0.25) is 24.6 Å². The molecule has 1 saturated heterocycles. The van der Waals surface area contributed by atoms with Gasteiger partial charge in [-0.25, -0.2) is 9.59 Å². The Labute approximate surface area is 163 Å². The van der Waals surface area contributed by atoms with Crippen molar-refractivity contribution in [3.63, 3.8) is 0 Å². The van der Waals surface area contributed by atoms with Gasteiger partial charge in [0.2, 0.25) is 0 Å². The third-order valence-corrected chi connectivity index (χ3v) is 4.87. The molecular formula is C18H28N4O6. The molecule has 0 radical (unpaired) electrons. The third kappa shape index (κ3) is 4.99. The van der Waals surface area contributed by atoms with E-state index in [0.717, 1.165) is 11.3 Å². The van der Waals surface area contributed by atoms with Crippen molar-refractivity contribution in [3.8, 4) is 0 Å². The molecule has 1 heterocycles. The molecule has 2 atom stereocenters. The highest BCUT2D eigenvalue weighted by molar-refractivity contribution is 6.09. The Bertz CT molecular complexity index is 692. The highest BCUT2D eigenvalue weighted by Gasteiger charge is 2.56. The number of carbonyl (C=O) groups is 5. The number of esters is 1. The summed E-state index contributed by atoms with van der Waals surface area (Å²) in [6.07, 6.45) is 1.96. The molecule has 1 aliphatic carbocycles. The molecule has 1 saturated carbocycles. The summed E-state index contributed by atoms with van der Waals surface area (Å²) in [5.41, 5.74) is -1.12. The van der Waals surface area contributed by atoms with E-state index in [1.807, 2.05) is 26.1 Å². The molecule has 0 bridgehead atoms. The topological polar surface area (TPSA) is 134 Å². The van der Waals surface area contributed by atoms with Crippen LogP contribution in [-0.2, 0) is 19.1 Å². The fourth-order valence-electron chi connectivity index (χ4n) is 4.34. The highest BCUT2D eigenvalue weighted by atomic mass is 16.5. The maximum absolute atomic E-state index is 12.9. The summed E-state index contributed by atoms with van der Waals surface area (Å²) < 4.78 is 4.77. The van der Waals surface area contributed by atoms with Crippen molar-refractivity contribution in [2.24, 2.45) is 11.3 Å². The number of nitrogens with one attached hydrogen (secondary N) is 3. The van der Waals surface area contributed by atoms with E-state index in [-0.39, 0.29) is 11.3 Å². The number of rotatable bonds is 5. The molecule has 0 aromatic rings. The first-order chi connectivity index (χ1) is 13.0. The van der Waals surface area contributed by atoms with Crippen LogP contribution in [0, 0.1) is 11.3 Å². The zero-order valence-corrected chi connectivity index (χ0v) is 16.7. The van der Waals surface area contributed by atoms with E-state index in [4.69, 9.17) is 4.74 Å². The Kier molecular flexibility index (Phi) is 6.30. The normalized spacial score (nSPS) is 26.0. The maximum Gasteiger partial charge on any atom is 0.326 e. The Hall–Kier alpha value is -2.65. The van der Waals surface area contributed by atoms with Gasteiger partial charge in [-0.2, -0.15) is 0 Å². The summed E-state index contributed by atoms with van der Waals surface area (Å²) in [4.78, 5) is 60.8. The smallest absolute Gasteiger partial charge is 0.326 e. The summed E-state index contributed by atoms with van der Waals surface area (Å²) in [5, 5.41) is 7.11. The number of imide groups is 2. The second-order valence-corrected chi connectivity index (χ2v) is 8.33. The molecule has 10 heteroatoms. The summed E-state index contributed by atoms with van der Waals surface area (Å²) in [7, 11) is 0. The van der Waals surface area contributed by atoms with E-state index >= 15 is 0 Å². The lowest BCUT2D eigenvalue weighted by Gasteiger charge is -2.43. The molecule has 1 aliphatic heterocycles. The molecule has 2 fully saturated rings. The van der Waals surface area contributed by atoms with E-state index in [2.05, 4.69) is 10.6 Å². The lowest BCUT2D eigenvalue weighted by atomic mass is 9.64. The molecule has 0 unspecified atom stereocenters. The number of hydrogen-bond donors (Lipinski definition) is 3. The van der Waals surface area contributed by atoms with E-state index in [9.17, 15) is 24.0 Å². The molecule has 3 N–H and O–H groups in total. The fourth-order valence-corrected chi connectivity index (χ4v) is 4.34. The Balaban J connectivity index is 1.93. The monoisotopic (exact) mass is 396 g/mol. The first-order valence-corrected chi connectivity index (χ1v) is 9.35. The number of nitrogens with zero attached hydrogens (tertiary/aromatic N) is 1. The van der Waals surface area contributed by atoms with Gasteiger partial charge in [-0.05, 0) is 37.5 Å². The predicted octanol–water partition coefficient (Wildman–Crippen LogP) is 0.512. The lowest BCUT2D eigenvalue weighted by Crippen LogP contribution is -2.54. The first-order valence-electron chi connectivity index (χ1n) is 9.35. The van der Waals surface area contributed by atoms with Crippen molar-refractivity contribution in [3.05, 3.63) is 0 Å². The second kappa shape index (κ2) is 8.15. The van der Waals surface area contributed by atoms with Gasteiger partial charge in [0.05, 0.1) is 0 Å². The average Bonchev–Trinajstić information content (AvgIpc) is 2.74.